The molecule has 0 saturated carbocycles. The maximum atomic E-state index is 12.7. The van der Waals surface area contributed by atoms with Crippen molar-refractivity contribution in [2.24, 2.45) is 13.0 Å². The van der Waals surface area contributed by atoms with E-state index in [1.54, 1.807) is 23.3 Å². The van der Waals surface area contributed by atoms with Crippen LogP contribution in [0.15, 0.2) is 36.9 Å². The third-order valence-corrected chi connectivity index (χ3v) is 5.09. The first-order chi connectivity index (χ1) is 13.0. The molecule has 6 nitrogen and oxygen atoms in total. The lowest BCUT2D eigenvalue weighted by molar-refractivity contribution is -0.123. The van der Waals surface area contributed by atoms with E-state index in [1.165, 1.54) is 0 Å². The topological polar surface area (TPSA) is 63.9 Å². The van der Waals surface area contributed by atoms with Crippen molar-refractivity contribution in [1.29, 1.82) is 0 Å². The van der Waals surface area contributed by atoms with Crippen LogP contribution in [0.5, 0.6) is 0 Å². The first kappa shape index (κ1) is 15.6. The van der Waals surface area contributed by atoms with Crippen LogP contribution in [0.4, 0.5) is 0 Å². The summed E-state index contributed by atoms with van der Waals surface area (Å²) in [6.45, 7) is 1.90. The van der Waals surface area contributed by atoms with Crippen LogP contribution >= 0.6 is 0 Å². The van der Waals surface area contributed by atoms with Gasteiger partial charge >= 0.3 is 0 Å². The van der Waals surface area contributed by atoms with Gasteiger partial charge in [-0.3, -0.25) is 19.4 Å². The maximum absolute atomic E-state index is 12.7. The molecule has 0 radical (unpaired) electrons. The van der Waals surface area contributed by atoms with Gasteiger partial charge in [-0.25, -0.2) is 0 Å². The Hall–Kier alpha value is -2.60. The van der Waals surface area contributed by atoms with E-state index in [2.05, 4.69) is 27.0 Å². The number of hydrogen-bond acceptors (Lipinski definition) is 5. The van der Waals surface area contributed by atoms with Crippen LogP contribution in [0.3, 0.4) is 0 Å². The second-order valence-electron chi connectivity index (χ2n) is 7.11. The standard InChI is InChI=1S/C20H23N5O/c1-24-5-3-14(4-6-24)20(26)9-18-8-15-7-16(10-22-19(15)12-21-18)17-11-23-25(2)13-17/h7-8,10-14H,3-6,9H2,1-2H3/i8D. The van der Waals surface area contributed by atoms with E-state index >= 15 is 0 Å². The summed E-state index contributed by atoms with van der Waals surface area (Å²) < 4.78 is 10.3. The molecule has 1 aliphatic rings. The van der Waals surface area contributed by atoms with E-state index in [0.717, 1.165) is 42.4 Å². The fourth-order valence-electron chi connectivity index (χ4n) is 3.46. The minimum atomic E-state index is 0.0814. The molecule has 0 aromatic carbocycles. The molecule has 3 aromatic heterocycles. The minimum absolute atomic E-state index is 0.0814. The van der Waals surface area contributed by atoms with Gasteiger partial charge in [-0.1, -0.05) is 0 Å². The number of nitrogens with zero attached hydrogens (tertiary/aromatic N) is 5. The average Bonchev–Trinajstić information content (AvgIpc) is 3.11. The number of carbonyl (C=O) groups is 1. The number of likely N-dealkylation sites (tertiary alicyclic amines) is 1. The highest BCUT2D eigenvalue weighted by Crippen LogP contribution is 2.23. The summed E-state index contributed by atoms with van der Waals surface area (Å²) in [6, 6.07) is 2.24. The predicted molar refractivity (Wildman–Crippen MR) is 101 cm³/mol. The molecule has 1 saturated heterocycles. The SMILES string of the molecule is [2H]c1c(CC(=O)C2CCN(C)CC2)ncc2ncc(-c3cnn(C)c3)cc12. The van der Waals surface area contributed by atoms with Gasteiger partial charge in [0.2, 0.25) is 0 Å². The molecule has 0 aliphatic carbocycles. The Morgan fingerprint density at radius 3 is 2.73 bits per heavy atom. The van der Waals surface area contributed by atoms with E-state index in [1.807, 2.05) is 19.3 Å². The Labute approximate surface area is 154 Å². The fourth-order valence-corrected chi connectivity index (χ4v) is 3.46. The number of piperidine rings is 1. The number of rotatable bonds is 4. The summed E-state index contributed by atoms with van der Waals surface area (Å²) in [5, 5.41) is 4.91. The smallest absolute Gasteiger partial charge is 0.142 e. The number of aryl methyl sites for hydroxylation is 1. The van der Waals surface area contributed by atoms with E-state index < -0.39 is 0 Å². The van der Waals surface area contributed by atoms with Crippen molar-refractivity contribution in [3.8, 4) is 11.1 Å². The van der Waals surface area contributed by atoms with Crippen molar-refractivity contribution < 1.29 is 6.17 Å². The van der Waals surface area contributed by atoms with E-state index in [9.17, 15) is 4.79 Å². The normalized spacial score (nSPS) is 16.8. The van der Waals surface area contributed by atoms with Gasteiger partial charge in [0.05, 0.1) is 19.3 Å². The molecule has 1 aliphatic heterocycles. The Kier molecular flexibility index (Phi) is 4.18. The first-order valence-corrected chi connectivity index (χ1v) is 8.96. The van der Waals surface area contributed by atoms with Gasteiger partial charge in [0.25, 0.3) is 0 Å². The summed E-state index contributed by atoms with van der Waals surface area (Å²) in [5.41, 5.74) is 3.06. The molecule has 0 bridgehead atoms. The van der Waals surface area contributed by atoms with Crippen LogP contribution in [0.1, 0.15) is 19.9 Å². The zero-order valence-corrected chi connectivity index (χ0v) is 15.1. The molecular formula is C20H23N5O. The van der Waals surface area contributed by atoms with Gasteiger partial charge in [0.1, 0.15) is 5.78 Å². The molecule has 0 atom stereocenters. The number of ketones is 1. The molecule has 26 heavy (non-hydrogen) atoms. The first-order valence-electron chi connectivity index (χ1n) is 9.46. The number of aromatic nitrogens is 4. The van der Waals surface area contributed by atoms with Crippen molar-refractivity contribution in [3.63, 3.8) is 0 Å². The van der Waals surface area contributed by atoms with E-state index in [0.29, 0.717) is 17.3 Å². The molecule has 0 unspecified atom stereocenters. The quantitative estimate of drug-likeness (QED) is 0.723. The summed E-state index contributed by atoms with van der Waals surface area (Å²) in [5.74, 6) is 0.276. The fraction of sp³-hybridized carbons (Fsp3) is 0.400. The summed E-state index contributed by atoms with van der Waals surface area (Å²) in [7, 11) is 3.95. The Morgan fingerprint density at radius 1 is 1.19 bits per heavy atom. The number of pyridine rings is 2. The number of fused-ring (bicyclic) bond motifs is 1. The van der Waals surface area contributed by atoms with Crippen LogP contribution in [0.25, 0.3) is 22.0 Å². The van der Waals surface area contributed by atoms with Crippen molar-refractivity contribution in [3.05, 3.63) is 42.6 Å². The van der Waals surface area contributed by atoms with Crippen LogP contribution in [0, 0.1) is 5.92 Å². The molecule has 3 aromatic rings. The molecule has 0 amide bonds. The van der Waals surface area contributed by atoms with Crippen molar-refractivity contribution in [2.75, 3.05) is 20.1 Å². The molecule has 4 rings (SSSR count). The van der Waals surface area contributed by atoms with Gasteiger partial charge in [0.15, 0.2) is 0 Å². The Bertz CT molecular complexity index is 991. The third-order valence-electron chi connectivity index (χ3n) is 5.09. The van der Waals surface area contributed by atoms with E-state index in [-0.39, 0.29) is 18.1 Å². The van der Waals surface area contributed by atoms with Crippen LogP contribution in [0.2, 0.25) is 0 Å². The summed E-state index contributed by atoms with van der Waals surface area (Å²) in [4.78, 5) is 23.7. The van der Waals surface area contributed by atoms with Gasteiger partial charge in [-0.15, -0.1) is 0 Å². The van der Waals surface area contributed by atoms with Gasteiger partial charge in [-0.2, -0.15) is 5.10 Å². The number of carbonyl (C=O) groups excluding carboxylic acids is 1. The Morgan fingerprint density at radius 2 is 2.00 bits per heavy atom. The van der Waals surface area contributed by atoms with Crippen molar-refractivity contribution >= 4 is 16.7 Å². The van der Waals surface area contributed by atoms with Crippen LogP contribution in [-0.2, 0) is 18.3 Å². The lowest BCUT2D eigenvalue weighted by Gasteiger charge is -2.27. The molecule has 0 N–H and O–H groups in total. The second kappa shape index (κ2) is 6.96. The number of hydrogen-bond donors (Lipinski definition) is 0. The highest BCUT2D eigenvalue weighted by atomic mass is 16.1. The van der Waals surface area contributed by atoms with Gasteiger partial charge < -0.3 is 4.90 Å². The molecular weight excluding hydrogens is 326 g/mol. The maximum Gasteiger partial charge on any atom is 0.142 e. The lowest BCUT2D eigenvalue weighted by atomic mass is 9.90. The average molecular weight is 350 g/mol. The van der Waals surface area contributed by atoms with Crippen LogP contribution in [-0.4, -0.2) is 50.6 Å². The summed E-state index contributed by atoms with van der Waals surface area (Å²) >= 11 is 0. The van der Waals surface area contributed by atoms with Crippen molar-refractivity contribution in [2.45, 2.75) is 19.3 Å². The largest absolute Gasteiger partial charge is 0.306 e. The lowest BCUT2D eigenvalue weighted by Crippen LogP contribution is -2.34. The number of Topliss-reactive ketones (excluding diaryl/α,β-unsaturated/α-hetero) is 1. The molecule has 4 heterocycles. The van der Waals surface area contributed by atoms with Gasteiger partial charge in [0, 0.05) is 54.0 Å². The molecule has 134 valence electrons. The molecule has 6 heteroatoms. The Balaban J connectivity index is 1.61. The minimum Gasteiger partial charge on any atom is -0.306 e. The highest BCUT2D eigenvalue weighted by molar-refractivity contribution is 5.86. The third kappa shape index (κ3) is 3.51. The van der Waals surface area contributed by atoms with Gasteiger partial charge in [-0.05, 0) is 45.1 Å². The predicted octanol–water partition coefficient (Wildman–Crippen LogP) is 2.48. The zero-order chi connectivity index (χ0) is 19.0. The molecule has 0 spiro atoms. The highest BCUT2D eigenvalue weighted by Gasteiger charge is 2.23. The monoisotopic (exact) mass is 350 g/mol. The van der Waals surface area contributed by atoms with E-state index in [4.69, 9.17) is 1.37 Å². The second-order valence-corrected chi connectivity index (χ2v) is 7.11. The zero-order valence-electron chi connectivity index (χ0n) is 16.1. The van der Waals surface area contributed by atoms with Crippen LogP contribution < -0.4 is 0 Å². The van der Waals surface area contributed by atoms with Crippen molar-refractivity contribution in [1.82, 2.24) is 24.6 Å². The summed E-state index contributed by atoms with van der Waals surface area (Å²) in [6.07, 6.45) is 9.13. The molecule has 1 fully saturated rings.